The highest BCUT2D eigenvalue weighted by Gasteiger charge is 2.28. The zero-order valence-corrected chi connectivity index (χ0v) is 14.8. The van der Waals surface area contributed by atoms with E-state index in [4.69, 9.17) is 9.72 Å². The molecular formula is C17H27N5O2. The van der Waals surface area contributed by atoms with Crippen molar-refractivity contribution in [2.24, 2.45) is 0 Å². The Labute approximate surface area is 143 Å². The van der Waals surface area contributed by atoms with Crippen LogP contribution in [0, 0.1) is 0 Å². The van der Waals surface area contributed by atoms with Crippen LogP contribution in [0.4, 0.5) is 5.82 Å². The van der Waals surface area contributed by atoms with Gasteiger partial charge in [-0.05, 0) is 6.42 Å². The number of nitrogens with zero attached hydrogens (tertiary/aromatic N) is 4. The largest absolute Gasteiger partial charge is 0.383 e. The van der Waals surface area contributed by atoms with Crippen molar-refractivity contribution in [3.05, 3.63) is 17.1 Å². The topological polar surface area (TPSA) is 70.6 Å². The Morgan fingerprint density at radius 2 is 1.96 bits per heavy atom. The number of ether oxygens (including phenoxy) is 1. The fourth-order valence-electron chi connectivity index (χ4n) is 3.22. The molecule has 3 rings (SSSR count). The van der Waals surface area contributed by atoms with E-state index in [9.17, 15) is 4.79 Å². The Balaban J connectivity index is 1.84. The van der Waals surface area contributed by atoms with Gasteiger partial charge in [0.05, 0.1) is 6.61 Å². The maximum atomic E-state index is 12.2. The molecule has 3 heterocycles. The summed E-state index contributed by atoms with van der Waals surface area (Å²) >= 11 is 0. The molecule has 1 saturated heterocycles. The van der Waals surface area contributed by atoms with Gasteiger partial charge in [0.25, 0.3) is 5.91 Å². The summed E-state index contributed by atoms with van der Waals surface area (Å²) in [7, 11) is 1.74. The minimum atomic E-state index is -0.0690. The van der Waals surface area contributed by atoms with Crippen LogP contribution in [0.15, 0.2) is 0 Å². The molecule has 132 valence electrons. The molecule has 0 aliphatic carbocycles. The zero-order valence-electron chi connectivity index (χ0n) is 14.8. The molecule has 2 aliphatic heterocycles. The summed E-state index contributed by atoms with van der Waals surface area (Å²) in [5, 5.41) is 2.89. The summed E-state index contributed by atoms with van der Waals surface area (Å²) < 4.78 is 5.16. The normalized spacial score (nSPS) is 18.7. The molecule has 0 radical (unpaired) electrons. The number of hydrogen-bond acceptors (Lipinski definition) is 6. The van der Waals surface area contributed by atoms with E-state index in [0.717, 1.165) is 63.0 Å². The van der Waals surface area contributed by atoms with Crippen molar-refractivity contribution >= 4 is 11.7 Å². The smallest absolute Gasteiger partial charge is 0.270 e. The summed E-state index contributed by atoms with van der Waals surface area (Å²) in [6.07, 6.45) is 0.804. The van der Waals surface area contributed by atoms with Gasteiger partial charge in [-0.1, -0.05) is 13.8 Å². The third kappa shape index (κ3) is 3.52. The van der Waals surface area contributed by atoms with Gasteiger partial charge in [0.15, 0.2) is 0 Å². The van der Waals surface area contributed by atoms with Crippen LogP contribution in [0.25, 0.3) is 0 Å². The summed E-state index contributed by atoms with van der Waals surface area (Å²) in [5.74, 6) is 1.85. The van der Waals surface area contributed by atoms with E-state index in [0.29, 0.717) is 12.2 Å². The van der Waals surface area contributed by atoms with Crippen LogP contribution in [0.3, 0.4) is 0 Å². The predicted molar refractivity (Wildman–Crippen MR) is 92.7 cm³/mol. The van der Waals surface area contributed by atoms with Crippen LogP contribution in [0.1, 0.15) is 41.6 Å². The number of aromatic nitrogens is 2. The lowest BCUT2D eigenvalue weighted by Crippen LogP contribution is -2.48. The van der Waals surface area contributed by atoms with Crippen molar-refractivity contribution in [3.63, 3.8) is 0 Å². The van der Waals surface area contributed by atoms with Crippen molar-refractivity contribution in [3.8, 4) is 0 Å². The maximum absolute atomic E-state index is 12.2. The van der Waals surface area contributed by atoms with E-state index in [1.165, 1.54) is 0 Å². The summed E-state index contributed by atoms with van der Waals surface area (Å²) in [4.78, 5) is 26.3. The first-order valence-corrected chi connectivity index (χ1v) is 8.75. The highest BCUT2D eigenvalue weighted by atomic mass is 16.5. The third-order valence-electron chi connectivity index (χ3n) is 4.68. The quantitative estimate of drug-likeness (QED) is 0.853. The number of nitrogens with one attached hydrogen (secondary N) is 1. The van der Waals surface area contributed by atoms with Gasteiger partial charge in [-0.25, -0.2) is 9.97 Å². The lowest BCUT2D eigenvalue weighted by Gasteiger charge is -2.37. The van der Waals surface area contributed by atoms with Crippen LogP contribution in [-0.2, 0) is 11.2 Å². The van der Waals surface area contributed by atoms with Crippen LogP contribution in [-0.4, -0.2) is 73.8 Å². The Morgan fingerprint density at radius 1 is 1.21 bits per heavy atom. The van der Waals surface area contributed by atoms with Crippen LogP contribution in [0.5, 0.6) is 0 Å². The number of amides is 1. The summed E-state index contributed by atoms with van der Waals surface area (Å²) in [6, 6.07) is 0. The van der Waals surface area contributed by atoms with E-state index in [-0.39, 0.29) is 11.8 Å². The third-order valence-corrected chi connectivity index (χ3v) is 4.68. The van der Waals surface area contributed by atoms with Crippen LogP contribution < -0.4 is 10.2 Å². The molecule has 1 aromatic heterocycles. The Bertz CT molecular complexity index is 597. The molecule has 1 amide bonds. The molecule has 1 fully saturated rings. The summed E-state index contributed by atoms with van der Waals surface area (Å²) in [6.45, 7) is 10.3. The molecule has 7 nitrogen and oxygen atoms in total. The van der Waals surface area contributed by atoms with Gasteiger partial charge in [-0.3, -0.25) is 9.69 Å². The predicted octanol–water partition coefficient (Wildman–Crippen LogP) is 0.654. The number of fused-ring (bicyclic) bond motifs is 1. The second-order valence-corrected chi connectivity index (χ2v) is 6.71. The first-order chi connectivity index (χ1) is 11.6. The fourth-order valence-corrected chi connectivity index (χ4v) is 3.22. The molecule has 2 aliphatic rings. The monoisotopic (exact) mass is 333 g/mol. The Morgan fingerprint density at radius 3 is 2.62 bits per heavy atom. The first kappa shape index (κ1) is 17.1. The standard InChI is InChI=1S/C17H27N5O2/c1-12(2)15-19-14-13(4-5-18-17(14)23)16(20-15)22-8-6-21(7-9-22)10-11-24-3/h12H,4-11H2,1-3H3,(H,18,23). The number of carbonyl (C=O) groups excluding carboxylic acids is 1. The molecule has 0 bridgehead atoms. The molecule has 7 heteroatoms. The lowest BCUT2D eigenvalue weighted by atomic mass is 10.0. The second kappa shape index (κ2) is 7.44. The highest BCUT2D eigenvalue weighted by molar-refractivity contribution is 5.96. The van der Waals surface area contributed by atoms with Crippen LogP contribution in [0.2, 0.25) is 0 Å². The van der Waals surface area contributed by atoms with Crippen molar-refractivity contribution < 1.29 is 9.53 Å². The van der Waals surface area contributed by atoms with Crippen molar-refractivity contribution in [2.75, 3.05) is 57.9 Å². The average molecular weight is 333 g/mol. The van der Waals surface area contributed by atoms with Crippen molar-refractivity contribution in [1.82, 2.24) is 20.2 Å². The molecule has 0 aromatic carbocycles. The second-order valence-electron chi connectivity index (χ2n) is 6.71. The Kier molecular flexibility index (Phi) is 5.30. The van der Waals surface area contributed by atoms with E-state index < -0.39 is 0 Å². The van der Waals surface area contributed by atoms with Gasteiger partial charge in [-0.15, -0.1) is 0 Å². The lowest BCUT2D eigenvalue weighted by molar-refractivity contribution is 0.0939. The zero-order chi connectivity index (χ0) is 17.1. The van der Waals surface area contributed by atoms with Gasteiger partial charge in [0, 0.05) is 57.9 Å². The van der Waals surface area contributed by atoms with Gasteiger partial charge in [0.1, 0.15) is 17.3 Å². The fraction of sp³-hybridized carbons (Fsp3) is 0.706. The van der Waals surface area contributed by atoms with Gasteiger partial charge >= 0.3 is 0 Å². The van der Waals surface area contributed by atoms with Gasteiger partial charge in [-0.2, -0.15) is 0 Å². The van der Waals surface area contributed by atoms with E-state index in [1.54, 1.807) is 7.11 Å². The molecular weight excluding hydrogens is 306 g/mol. The van der Waals surface area contributed by atoms with E-state index >= 15 is 0 Å². The minimum Gasteiger partial charge on any atom is -0.383 e. The highest BCUT2D eigenvalue weighted by Crippen LogP contribution is 2.26. The first-order valence-electron chi connectivity index (χ1n) is 8.75. The number of carbonyl (C=O) groups is 1. The van der Waals surface area contributed by atoms with E-state index in [2.05, 4.69) is 33.9 Å². The Hall–Kier alpha value is -1.73. The van der Waals surface area contributed by atoms with Gasteiger partial charge < -0.3 is 15.0 Å². The molecule has 1 N–H and O–H groups in total. The SMILES string of the molecule is COCCN1CCN(c2nc(C(C)C)nc3c2CCNC3=O)CC1. The van der Waals surface area contributed by atoms with Crippen molar-refractivity contribution in [2.45, 2.75) is 26.2 Å². The molecule has 24 heavy (non-hydrogen) atoms. The minimum absolute atomic E-state index is 0.0690. The molecule has 0 spiro atoms. The number of hydrogen-bond donors (Lipinski definition) is 1. The maximum Gasteiger partial charge on any atom is 0.270 e. The average Bonchev–Trinajstić information content (AvgIpc) is 2.60. The number of piperazine rings is 1. The van der Waals surface area contributed by atoms with E-state index in [1.807, 2.05) is 0 Å². The number of anilines is 1. The van der Waals surface area contributed by atoms with Crippen molar-refractivity contribution in [1.29, 1.82) is 0 Å². The molecule has 0 atom stereocenters. The number of methoxy groups -OCH3 is 1. The number of rotatable bonds is 5. The molecule has 0 unspecified atom stereocenters. The molecule has 1 aromatic rings. The van der Waals surface area contributed by atoms with Crippen LogP contribution >= 0.6 is 0 Å². The van der Waals surface area contributed by atoms with Gasteiger partial charge in [0.2, 0.25) is 0 Å². The summed E-state index contributed by atoms with van der Waals surface area (Å²) in [5.41, 5.74) is 1.57. The molecule has 0 saturated carbocycles.